The van der Waals surface area contributed by atoms with Crippen molar-refractivity contribution in [2.24, 2.45) is 0 Å². The average Bonchev–Trinajstić information content (AvgIpc) is 2.64. The molecule has 0 fully saturated rings. The minimum atomic E-state index is -0.193. The lowest BCUT2D eigenvalue weighted by atomic mass is 10.1. The summed E-state index contributed by atoms with van der Waals surface area (Å²) in [4.78, 5) is 28.0. The summed E-state index contributed by atoms with van der Waals surface area (Å²) in [5, 5.41) is 5.61. The van der Waals surface area contributed by atoms with Crippen LogP contribution in [0, 0.1) is 0 Å². The largest absolute Gasteiger partial charge is 0.324 e. The summed E-state index contributed by atoms with van der Waals surface area (Å²) in [5.41, 5.74) is 3.36. The first-order valence-electron chi connectivity index (χ1n) is 7.93. The molecule has 0 aliphatic rings. The molecule has 0 spiro atoms. The summed E-state index contributed by atoms with van der Waals surface area (Å²) in [7, 11) is 0. The van der Waals surface area contributed by atoms with E-state index in [0.717, 1.165) is 15.7 Å². The van der Waals surface area contributed by atoms with Crippen LogP contribution in [0.4, 0.5) is 11.4 Å². The Kier molecular flexibility index (Phi) is 5.43. The fraction of sp³-hybridized carbons (Fsp3) is 0.0500. The lowest BCUT2D eigenvalue weighted by molar-refractivity contribution is -0.114. The monoisotopic (exact) mass is 409 g/mol. The van der Waals surface area contributed by atoms with E-state index in [2.05, 4.69) is 31.5 Å². The summed E-state index contributed by atoms with van der Waals surface area (Å²) >= 11 is 3.36. The number of anilines is 2. The molecule has 3 rings (SSSR count). The van der Waals surface area contributed by atoms with Gasteiger partial charge in [0.15, 0.2) is 0 Å². The van der Waals surface area contributed by atoms with Crippen molar-refractivity contribution in [3.8, 4) is 11.3 Å². The number of pyridine rings is 1. The molecule has 130 valence electrons. The smallest absolute Gasteiger partial charge is 0.255 e. The van der Waals surface area contributed by atoms with Gasteiger partial charge in [-0.25, -0.2) is 0 Å². The fourth-order valence-electron chi connectivity index (χ4n) is 2.44. The zero-order valence-corrected chi connectivity index (χ0v) is 15.6. The van der Waals surface area contributed by atoms with Crippen LogP contribution in [-0.2, 0) is 4.79 Å². The standard InChI is InChI=1S/C20H16BrN3O2/c1-13(25)23-18-3-2-12-22-19(18)14-4-6-15(7-5-14)20(26)24-17-10-8-16(21)9-11-17/h2-12H,1H3,(H,23,25)(H,24,26). The highest BCUT2D eigenvalue weighted by molar-refractivity contribution is 9.10. The van der Waals surface area contributed by atoms with Gasteiger partial charge in [0.25, 0.3) is 5.91 Å². The third-order valence-corrected chi connectivity index (χ3v) is 4.17. The molecule has 0 saturated carbocycles. The van der Waals surface area contributed by atoms with Crippen molar-refractivity contribution in [1.82, 2.24) is 4.98 Å². The second-order valence-corrected chi connectivity index (χ2v) is 6.53. The van der Waals surface area contributed by atoms with Crippen molar-refractivity contribution in [3.63, 3.8) is 0 Å². The van der Waals surface area contributed by atoms with Crippen LogP contribution in [0.3, 0.4) is 0 Å². The van der Waals surface area contributed by atoms with Gasteiger partial charge in [0.1, 0.15) is 0 Å². The molecule has 0 aliphatic heterocycles. The van der Waals surface area contributed by atoms with E-state index in [4.69, 9.17) is 0 Å². The highest BCUT2D eigenvalue weighted by Gasteiger charge is 2.10. The number of hydrogen-bond donors (Lipinski definition) is 2. The van der Waals surface area contributed by atoms with Crippen LogP contribution < -0.4 is 10.6 Å². The summed E-state index contributed by atoms with van der Waals surface area (Å²) in [6, 6.07) is 18.0. The van der Waals surface area contributed by atoms with Gasteiger partial charge in [-0.2, -0.15) is 0 Å². The van der Waals surface area contributed by atoms with Gasteiger partial charge in [-0.1, -0.05) is 28.1 Å². The highest BCUT2D eigenvalue weighted by atomic mass is 79.9. The zero-order valence-electron chi connectivity index (χ0n) is 14.0. The van der Waals surface area contributed by atoms with E-state index >= 15 is 0 Å². The molecule has 2 N–H and O–H groups in total. The van der Waals surface area contributed by atoms with Gasteiger partial charge in [-0.3, -0.25) is 14.6 Å². The van der Waals surface area contributed by atoms with E-state index in [1.807, 2.05) is 36.4 Å². The van der Waals surface area contributed by atoms with Gasteiger partial charge >= 0.3 is 0 Å². The molecule has 0 saturated heterocycles. The molecule has 2 aromatic carbocycles. The SMILES string of the molecule is CC(=O)Nc1cccnc1-c1ccc(C(=O)Nc2ccc(Br)cc2)cc1. The van der Waals surface area contributed by atoms with E-state index in [9.17, 15) is 9.59 Å². The number of nitrogens with one attached hydrogen (secondary N) is 2. The van der Waals surface area contributed by atoms with Gasteiger partial charge in [0, 0.05) is 34.4 Å². The highest BCUT2D eigenvalue weighted by Crippen LogP contribution is 2.26. The number of halogens is 1. The molecule has 0 atom stereocenters. The molecule has 0 bridgehead atoms. The maximum absolute atomic E-state index is 12.4. The Morgan fingerprint density at radius 3 is 2.27 bits per heavy atom. The van der Waals surface area contributed by atoms with Crippen molar-refractivity contribution in [1.29, 1.82) is 0 Å². The van der Waals surface area contributed by atoms with Crippen molar-refractivity contribution in [2.75, 3.05) is 10.6 Å². The lowest BCUT2D eigenvalue weighted by Gasteiger charge is -2.10. The van der Waals surface area contributed by atoms with Gasteiger partial charge in [0.2, 0.25) is 5.91 Å². The average molecular weight is 410 g/mol. The molecule has 1 aromatic heterocycles. The minimum absolute atomic E-state index is 0.162. The number of benzene rings is 2. The molecular weight excluding hydrogens is 394 g/mol. The van der Waals surface area contributed by atoms with Crippen LogP contribution >= 0.6 is 15.9 Å². The first kappa shape index (κ1) is 17.8. The van der Waals surface area contributed by atoms with Gasteiger partial charge < -0.3 is 10.6 Å². The number of amides is 2. The van der Waals surface area contributed by atoms with Crippen LogP contribution in [0.15, 0.2) is 71.3 Å². The van der Waals surface area contributed by atoms with Gasteiger partial charge in [0.05, 0.1) is 11.4 Å². The molecule has 2 amide bonds. The Morgan fingerprint density at radius 2 is 1.62 bits per heavy atom. The molecule has 1 heterocycles. The van der Waals surface area contributed by atoms with E-state index in [1.165, 1.54) is 6.92 Å². The number of carbonyl (C=O) groups is 2. The second kappa shape index (κ2) is 7.93. The predicted molar refractivity (Wildman–Crippen MR) is 106 cm³/mol. The summed E-state index contributed by atoms with van der Waals surface area (Å²) in [6.07, 6.45) is 1.66. The normalized spacial score (nSPS) is 10.2. The Labute approximate surface area is 159 Å². The van der Waals surface area contributed by atoms with Crippen LogP contribution in [0.5, 0.6) is 0 Å². The quantitative estimate of drug-likeness (QED) is 0.654. The van der Waals surface area contributed by atoms with E-state index in [0.29, 0.717) is 16.9 Å². The number of rotatable bonds is 4. The molecule has 0 radical (unpaired) electrons. The Balaban J connectivity index is 1.79. The first-order valence-corrected chi connectivity index (χ1v) is 8.72. The third kappa shape index (κ3) is 4.34. The molecule has 3 aromatic rings. The number of nitrogens with zero attached hydrogens (tertiary/aromatic N) is 1. The topological polar surface area (TPSA) is 71.1 Å². The van der Waals surface area contributed by atoms with Crippen molar-refractivity contribution in [3.05, 3.63) is 76.9 Å². The fourth-order valence-corrected chi connectivity index (χ4v) is 2.71. The van der Waals surface area contributed by atoms with E-state index in [-0.39, 0.29) is 11.8 Å². The lowest BCUT2D eigenvalue weighted by Crippen LogP contribution is -2.11. The van der Waals surface area contributed by atoms with Crippen molar-refractivity contribution >= 4 is 39.1 Å². The Morgan fingerprint density at radius 1 is 0.923 bits per heavy atom. The maximum Gasteiger partial charge on any atom is 0.255 e. The van der Waals surface area contributed by atoms with Crippen LogP contribution in [0.2, 0.25) is 0 Å². The molecule has 26 heavy (non-hydrogen) atoms. The van der Waals surface area contributed by atoms with Crippen LogP contribution in [0.1, 0.15) is 17.3 Å². The van der Waals surface area contributed by atoms with Gasteiger partial charge in [-0.05, 0) is 48.5 Å². The molecule has 5 nitrogen and oxygen atoms in total. The molecule has 0 aliphatic carbocycles. The summed E-state index contributed by atoms with van der Waals surface area (Å²) in [5.74, 6) is -0.355. The van der Waals surface area contributed by atoms with Crippen molar-refractivity contribution < 1.29 is 9.59 Å². The predicted octanol–water partition coefficient (Wildman–Crippen LogP) is 4.72. The van der Waals surface area contributed by atoms with Crippen LogP contribution in [0.25, 0.3) is 11.3 Å². The second-order valence-electron chi connectivity index (χ2n) is 5.62. The number of carbonyl (C=O) groups excluding carboxylic acids is 2. The zero-order chi connectivity index (χ0) is 18.5. The molecule has 6 heteroatoms. The van der Waals surface area contributed by atoms with E-state index < -0.39 is 0 Å². The first-order chi connectivity index (χ1) is 12.5. The molecule has 0 unspecified atom stereocenters. The Hall–Kier alpha value is -2.99. The third-order valence-electron chi connectivity index (χ3n) is 3.64. The van der Waals surface area contributed by atoms with Crippen LogP contribution in [-0.4, -0.2) is 16.8 Å². The van der Waals surface area contributed by atoms with Crippen molar-refractivity contribution in [2.45, 2.75) is 6.92 Å². The molecular formula is C20H16BrN3O2. The summed E-state index contributed by atoms with van der Waals surface area (Å²) in [6.45, 7) is 1.45. The Bertz CT molecular complexity index is 938. The van der Waals surface area contributed by atoms with Gasteiger partial charge in [-0.15, -0.1) is 0 Å². The number of aromatic nitrogens is 1. The summed E-state index contributed by atoms with van der Waals surface area (Å²) < 4.78 is 0.949. The van der Waals surface area contributed by atoms with E-state index in [1.54, 1.807) is 30.5 Å². The maximum atomic E-state index is 12.4. The minimum Gasteiger partial charge on any atom is -0.324 e. The number of hydrogen-bond acceptors (Lipinski definition) is 3.